The Labute approximate surface area is 110 Å². The van der Waals surface area contributed by atoms with Gasteiger partial charge in [0, 0.05) is 26.0 Å². The van der Waals surface area contributed by atoms with Gasteiger partial charge in [-0.3, -0.25) is 9.69 Å². The summed E-state index contributed by atoms with van der Waals surface area (Å²) in [4.78, 5) is 19.7. The zero-order chi connectivity index (χ0) is 13.6. The summed E-state index contributed by atoms with van der Waals surface area (Å²) in [5.74, 6) is -0.230. The summed E-state index contributed by atoms with van der Waals surface area (Å²) in [5.41, 5.74) is 1.09. The Bertz CT molecular complexity index is 639. The van der Waals surface area contributed by atoms with E-state index < -0.39 is 0 Å². The van der Waals surface area contributed by atoms with Crippen molar-refractivity contribution >= 4 is 11.6 Å². The fourth-order valence-electron chi connectivity index (χ4n) is 2.44. The third-order valence-corrected chi connectivity index (χ3v) is 3.53. The first kappa shape index (κ1) is 12.1. The van der Waals surface area contributed by atoms with E-state index in [0.717, 1.165) is 5.69 Å². The molecule has 19 heavy (non-hydrogen) atoms. The third-order valence-electron chi connectivity index (χ3n) is 3.53. The molecule has 2 aromatic rings. The lowest BCUT2D eigenvalue weighted by atomic mass is 10.3. The van der Waals surface area contributed by atoms with Crippen molar-refractivity contribution in [2.75, 3.05) is 13.7 Å². The van der Waals surface area contributed by atoms with Crippen molar-refractivity contribution in [3.8, 4) is 0 Å². The lowest BCUT2D eigenvalue weighted by Gasteiger charge is -2.16. The summed E-state index contributed by atoms with van der Waals surface area (Å²) >= 11 is 0. The van der Waals surface area contributed by atoms with Crippen molar-refractivity contribution in [2.24, 2.45) is 0 Å². The number of carbonyl (C=O) groups is 1. The molecular formula is C13H15FN4O. The van der Waals surface area contributed by atoms with Crippen LogP contribution in [0.1, 0.15) is 12.6 Å². The molecule has 1 fully saturated rings. The van der Waals surface area contributed by atoms with Crippen molar-refractivity contribution < 1.29 is 9.18 Å². The Kier molecular flexibility index (Phi) is 2.74. The molecule has 2 aromatic heterocycles. The Morgan fingerprint density at radius 2 is 2.32 bits per heavy atom. The minimum absolute atomic E-state index is 0.106. The number of nitrogens with zero attached hydrogens (tertiary/aromatic N) is 4. The maximum absolute atomic E-state index is 13.6. The van der Waals surface area contributed by atoms with Crippen LogP contribution in [0.15, 0.2) is 24.5 Å². The lowest BCUT2D eigenvalue weighted by Crippen LogP contribution is -2.29. The normalized spacial score (nSPS) is 20.7. The minimum atomic E-state index is -0.337. The average Bonchev–Trinajstić information content (AvgIpc) is 2.89. The zero-order valence-corrected chi connectivity index (χ0v) is 10.9. The van der Waals surface area contributed by atoms with Gasteiger partial charge in [0.1, 0.15) is 0 Å². The highest BCUT2D eigenvalue weighted by Gasteiger charge is 2.32. The van der Waals surface area contributed by atoms with Gasteiger partial charge in [0.25, 0.3) is 0 Å². The molecular weight excluding hydrogens is 247 g/mol. The van der Waals surface area contributed by atoms with Crippen molar-refractivity contribution in [3.63, 3.8) is 0 Å². The van der Waals surface area contributed by atoms with Crippen LogP contribution in [-0.2, 0) is 11.3 Å². The maximum atomic E-state index is 13.6. The average molecular weight is 262 g/mol. The third kappa shape index (κ3) is 1.98. The number of carbonyl (C=O) groups excluding carboxylic acids is 1. The SMILES string of the molecule is CC1C(=O)N(C)CN1Cc1cn2cccc(F)c2n1. The molecule has 0 aliphatic carbocycles. The van der Waals surface area contributed by atoms with E-state index in [1.165, 1.54) is 6.07 Å². The van der Waals surface area contributed by atoms with Gasteiger partial charge in [-0.15, -0.1) is 0 Å². The smallest absolute Gasteiger partial charge is 0.240 e. The van der Waals surface area contributed by atoms with Crippen molar-refractivity contribution in [1.82, 2.24) is 19.2 Å². The zero-order valence-electron chi connectivity index (χ0n) is 10.9. The number of halogens is 1. The van der Waals surface area contributed by atoms with Gasteiger partial charge in [0.2, 0.25) is 5.91 Å². The molecule has 5 nitrogen and oxygen atoms in total. The quantitative estimate of drug-likeness (QED) is 0.813. The van der Waals surface area contributed by atoms with Crippen LogP contribution < -0.4 is 0 Å². The Morgan fingerprint density at radius 1 is 1.53 bits per heavy atom. The van der Waals surface area contributed by atoms with Crippen LogP contribution in [0, 0.1) is 5.82 Å². The molecule has 1 atom stereocenters. The van der Waals surface area contributed by atoms with Crippen LogP contribution in [0.3, 0.4) is 0 Å². The Morgan fingerprint density at radius 3 is 2.95 bits per heavy atom. The number of imidazole rings is 1. The molecule has 0 radical (unpaired) electrons. The maximum Gasteiger partial charge on any atom is 0.240 e. The van der Waals surface area contributed by atoms with E-state index >= 15 is 0 Å². The number of hydrogen-bond donors (Lipinski definition) is 0. The summed E-state index contributed by atoms with van der Waals surface area (Å²) in [6.07, 6.45) is 3.56. The van der Waals surface area contributed by atoms with Crippen LogP contribution in [0.5, 0.6) is 0 Å². The molecule has 6 heteroatoms. The highest BCUT2D eigenvalue weighted by atomic mass is 19.1. The summed E-state index contributed by atoms with van der Waals surface area (Å²) < 4.78 is 15.2. The topological polar surface area (TPSA) is 40.9 Å². The predicted molar refractivity (Wildman–Crippen MR) is 67.8 cm³/mol. The number of rotatable bonds is 2. The fraction of sp³-hybridized carbons (Fsp3) is 0.385. The highest BCUT2D eigenvalue weighted by Crippen LogP contribution is 2.17. The molecule has 1 aliphatic rings. The largest absolute Gasteiger partial charge is 0.331 e. The predicted octanol–water partition coefficient (Wildman–Crippen LogP) is 1.09. The van der Waals surface area contributed by atoms with Crippen molar-refractivity contribution in [1.29, 1.82) is 0 Å². The molecule has 0 bridgehead atoms. The molecule has 0 aromatic carbocycles. The minimum Gasteiger partial charge on any atom is -0.331 e. The van der Waals surface area contributed by atoms with Gasteiger partial charge in [-0.2, -0.15) is 0 Å². The number of fused-ring (bicyclic) bond motifs is 1. The standard InChI is InChI=1S/C13H15FN4O/c1-9-13(19)16(2)8-18(9)7-10-6-17-5-3-4-11(14)12(17)15-10/h3-6,9H,7-8H2,1-2H3. The van der Waals surface area contributed by atoms with Crippen molar-refractivity contribution in [3.05, 3.63) is 36.0 Å². The Balaban J connectivity index is 1.86. The Hall–Kier alpha value is -1.95. The number of amides is 1. The molecule has 0 spiro atoms. The van der Waals surface area contributed by atoms with Crippen LogP contribution in [0.25, 0.3) is 5.65 Å². The summed E-state index contributed by atoms with van der Waals surface area (Å²) in [6.45, 7) is 3.00. The van der Waals surface area contributed by atoms with Crippen LogP contribution in [0.4, 0.5) is 4.39 Å². The van der Waals surface area contributed by atoms with E-state index in [4.69, 9.17) is 0 Å². The van der Waals surface area contributed by atoms with Gasteiger partial charge in [-0.05, 0) is 19.1 Å². The first-order valence-corrected chi connectivity index (χ1v) is 6.17. The van der Waals surface area contributed by atoms with E-state index in [2.05, 4.69) is 4.98 Å². The number of likely N-dealkylation sites (N-methyl/N-ethyl adjacent to an activating group) is 1. The molecule has 0 N–H and O–H groups in total. The summed E-state index contributed by atoms with van der Waals surface area (Å²) in [5, 5.41) is 0. The van der Waals surface area contributed by atoms with E-state index in [9.17, 15) is 9.18 Å². The summed E-state index contributed by atoms with van der Waals surface area (Å²) in [7, 11) is 1.78. The monoisotopic (exact) mass is 262 g/mol. The van der Waals surface area contributed by atoms with E-state index in [-0.39, 0.29) is 17.8 Å². The van der Waals surface area contributed by atoms with Crippen LogP contribution in [0.2, 0.25) is 0 Å². The second-order valence-corrected chi connectivity index (χ2v) is 4.92. The molecule has 1 aliphatic heterocycles. The number of aromatic nitrogens is 2. The van der Waals surface area contributed by atoms with E-state index in [1.54, 1.807) is 34.8 Å². The summed E-state index contributed by atoms with van der Waals surface area (Å²) in [6, 6.07) is 2.88. The molecule has 0 saturated carbocycles. The first-order chi connectivity index (χ1) is 9.06. The van der Waals surface area contributed by atoms with E-state index in [1.807, 2.05) is 11.8 Å². The fourth-order valence-corrected chi connectivity index (χ4v) is 2.44. The van der Waals surface area contributed by atoms with Gasteiger partial charge in [0.15, 0.2) is 11.5 Å². The molecule has 1 saturated heterocycles. The molecule has 3 heterocycles. The van der Waals surface area contributed by atoms with Gasteiger partial charge in [-0.25, -0.2) is 9.37 Å². The highest BCUT2D eigenvalue weighted by molar-refractivity contribution is 5.83. The lowest BCUT2D eigenvalue weighted by molar-refractivity contribution is -0.127. The van der Waals surface area contributed by atoms with Crippen molar-refractivity contribution in [2.45, 2.75) is 19.5 Å². The van der Waals surface area contributed by atoms with E-state index in [0.29, 0.717) is 18.9 Å². The molecule has 3 rings (SSSR count). The van der Waals surface area contributed by atoms with Crippen LogP contribution in [-0.4, -0.2) is 44.8 Å². The van der Waals surface area contributed by atoms with Gasteiger partial charge in [0.05, 0.1) is 18.4 Å². The number of hydrogen-bond acceptors (Lipinski definition) is 3. The second kappa shape index (κ2) is 4.31. The first-order valence-electron chi connectivity index (χ1n) is 6.17. The van der Waals surface area contributed by atoms with Crippen LogP contribution >= 0.6 is 0 Å². The van der Waals surface area contributed by atoms with Gasteiger partial charge in [-0.1, -0.05) is 0 Å². The van der Waals surface area contributed by atoms with Gasteiger partial charge >= 0.3 is 0 Å². The molecule has 100 valence electrons. The number of pyridine rings is 1. The second-order valence-electron chi connectivity index (χ2n) is 4.92. The van der Waals surface area contributed by atoms with Gasteiger partial charge < -0.3 is 9.30 Å². The molecule has 1 unspecified atom stereocenters. The molecule has 1 amide bonds.